The van der Waals surface area contributed by atoms with E-state index in [-0.39, 0.29) is 5.82 Å². The fourth-order valence-electron chi connectivity index (χ4n) is 2.16. The van der Waals surface area contributed by atoms with Gasteiger partial charge in [0.1, 0.15) is 17.3 Å². The first-order valence-corrected chi connectivity index (χ1v) is 6.61. The summed E-state index contributed by atoms with van der Waals surface area (Å²) in [5.74, 6) is 0.830. The van der Waals surface area contributed by atoms with Crippen molar-refractivity contribution in [1.29, 1.82) is 0 Å². The molecule has 2 aromatic carbocycles. The first-order chi connectivity index (χ1) is 9.38. The molecular weight excluding hydrogens is 255 g/mol. The Labute approximate surface area is 118 Å². The summed E-state index contributed by atoms with van der Waals surface area (Å²) >= 11 is 0. The predicted octanol–water partition coefficient (Wildman–Crippen LogP) is 4.60. The molecule has 2 rings (SSSR count). The molecule has 0 radical (unpaired) electrons. The normalized spacial score (nSPS) is 12.3. The number of hydrogen-bond donors (Lipinski definition) is 1. The number of benzene rings is 2. The van der Waals surface area contributed by atoms with Gasteiger partial charge in [0.15, 0.2) is 0 Å². The zero-order chi connectivity index (χ0) is 14.9. The lowest BCUT2D eigenvalue weighted by atomic mass is 10.1. The number of aryl methyl sites for hydroxylation is 2. The predicted molar refractivity (Wildman–Crippen MR) is 77.8 cm³/mol. The minimum Gasteiger partial charge on any atom is -0.457 e. The van der Waals surface area contributed by atoms with Gasteiger partial charge in [-0.15, -0.1) is 0 Å². The summed E-state index contributed by atoms with van der Waals surface area (Å²) in [4.78, 5) is 0. The molecule has 1 unspecified atom stereocenters. The molecule has 1 atom stereocenters. The Hall–Kier alpha value is -1.87. The van der Waals surface area contributed by atoms with Crippen LogP contribution in [0.2, 0.25) is 0 Å². The largest absolute Gasteiger partial charge is 0.457 e. The standard InChI is InChI=1S/C17H19FO2/c1-10-7-11(2)12(3)17(8-10)20-16-6-5-14(18)9-15(16)13(4)19/h5-9,13,19H,1-4H3. The fourth-order valence-corrected chi connectivity index (χ4v) is 2.16. The Morgan fingerprint density at radius 1 is 1.05 bits per heavy atom. The maximum absolute atomic E-state index is 13.3. The summed E-state index contributed by atoms with van der Waals surface area (Å²) in [6.45, 7) is 7.60. The molecule has 0 fully saturated rings. The van der Waals surface area contributed by atoms with E-state index in [9.17, 15) is 9.50 Å². The van der Waals surface area contributed by atoms with Gasteiger partial charge in [-0.1, -0.05) is 6.07 Å². The number of halogens is 1. The van der Waals surface area contributed by atoms with Gasteiger partial charge in [0, 0.05) is 5.56 Å². The van der Waals surface area contributed by atoms with Crippen molar-refractivity contribution in [2.75, 3.05) is 0 Å². The van der Waals surface area contributed by atoms with Crippen LogP contribution < -0.4 is 4.74 Å². The molecule has 0 saturated carbocycles. The van der Waals surface area contributed by atoms with Crippen molar-refractivity contribution in [1.82, 2.24) is 0 Å². The summed E-state index contributed by atoms with van der Waals surface area (Å²) in [5.41, 5.74) is 3.73. The molecule has 2 aromatic rings. The zero-order valence-corrected chi connectivity index (χ0v) is 12.2. The molecule has 106 valence electrons. The van der Waals surface area contributed by atoms with Gasteiger partial charge in [0.2, 0.25) is 0 Å². The van der Waals surface area contributed by atoms with Crippen molar-refractivity contribution in [3.05, 3.63) is 58.4 Å². The SMILES string of the molecule is Cc1cc(C)c(C)c(Oc2ccc(F)cc2C(C)O)c1. The lowest BCUT2D eigenvalue weighted by Crippen LogP contribution is -1.99. The molecule has 0 saturated heterocycles. The average Bonchev–Trinajstić information content (AvgIpc) is 2.37. The Morgan fingerprint density at radius 3 is 2.40 bits per heavy atom. The highest BCUT2D eigenvalue weighted by Gasteiger charge is 2.13. The van der Waals surface area contributed by atoms with Gasteiger partial charge < -0.3 is 9.84 Å². The van der Waals surface area contributed by atoms with Crippen LogP contribution in [0.5, 0.6) is 11.5 Å². The van der Waals surface area contributed by atoms with Gasteiger partial charge in [-0.05, 0) is 68.7 Å². The van der Waals surface area contributed by atoms with Gasteiger partial charge in [0.05, 0.1) is 6.10 Å². The van der Waals surface area contributed by atoms with Gasteiger partial charge in [-0.3, -0.25) is 0 Å². The number of hydrogen-bond acceptors (Lipinski definition) is 2. The summed E-state index contributed by atoms with van der Waals surface area (Å²) in [6, 6.07) is 8.21. The number of aliphatic hydroxyl groups is 1. The molecule has 0 spiro atoms. The van der Waals surface area contributed by atoms with Crippen molar-refractivity contribution >= 4 is 0 Å². The Bertz CT molecular complexity index is 633. The first kappa shape index (κ1) is 14.5. The maximum Gasteiger partial charge on any atom is 0.133 e. The van der Waals surface area contributed by atoms with E-state index < -0.39 is 6.10 Å². The second kappa shape index (κ2) is 5.63. The highest BCUT2D eigenvalue weighted by Crippen LogP contribution is 2.33. The van der Waals surface area contributed by atoms with Gasteiger partial charge >= 0.3 is 0 Å². The van der Waals surface area contributed by atoms with Gasteiger partial charge in [-0.25, -0.2) is 4.39 Å². The van der Waals surface area contributed by atoms with Gasteiger partial charge in [-0.2, -0.15) is 0 Å². The van der Waals surface area contributed by atoms with E-state index >= 15 is 0 Å². The van der Waals surface area contributed by atoms with Crippen molar-refractivity contribution in [2.45, 2.75) is 33.8 Å². The molecule has 20 heavy (non-hydrogen) atoms. The second-order valence-corrected chi connectivity index (χ2v) is 5.17. The van der Waals surface area contributed by atoms with E-state index in [0.717, 1.165) is 22.4 Å². The molecule has 0 bridgehead atoms. The van der Waals surface area contributed by atoms with Crippen LogP contribution in [0.1, 0.15) is 35.3 Å². The highest BCUT2D eigenvalue weighted by atomic mass is 19.1. The van der Waals surface area contributed by atoms with Crippen LogP contribution >= 0.6 is 0 Å². The van der Waals surface area contributed by atoms with Crippen LogP contribution in [-0.2, 0) is 0 Å². The van der Waals surface area contributed by atoms with Crippen LogP contribution in [-0.4, -0.2) is 5.11 Å². The van der Waals surface area contributed by atoms with Crippen LogP contribution in [0.25, 0.3) is 0 Å². The van der Waals surface area contributed by atoms with Crippen LogP contribution in [0, 0.1) is 26.6 Å². The number of aliphatic hydroxyl groups excluding tert-OH is 1. The summed E-state index contributed by atoms with van der Waals surface area (Å²) in [6.07, 6.45) is -0.785. The van der Waals surface area contributed by atoms with Crippen molar-refractivity contribution in [3.8, 4) is 11.5 Å². The smallest absolute Gasteiger partial charge is 0.133 e. The molecule has 3 heteroatoms. The van der Waals surface area contributed by atoms with E-state index in [1.165, 1.54) is 12.1 Å². The van der Waals surface area contributed by atoms with Crippen LogP contribution in [0.15, 0.2) is 30.3 Å². The molecule has 0 aliphatic heterocycles. The fraction of sp³-hybridized carbons (Fsp3) is 0.294. The van der Waals surface area contributed by atoms with E-state index in [0.29, 0.717) is 11.3 Å². The summed E-state index contributed by atoms with van der Waals surface area (Å²) < 4.78 is 19.2. The number of rotatable bonds is 3. The number of ether oxygens (including phenoxy) is 1. The minimum atomic E-state index is -0.785. The third-order valence-electron chi connectivity index (χ3n) is 3.41. The van der Waals surface area contributed by atoms with E-state index in [2.05, 4.69) is 6.07 Å². The van der Waals surface area contributed by atoms with Crippen LogP contribution in [0.4, 0.5) is 4.39 Å². The quantitative estimate of drug-likeness (QED) is 0.886. The van der Waals surface area contributed by atoms with Crippen molar-refractivity contribution in [2.24, 2.45) is 0 Å². The van der Waals surface area contributed by atoms with E-state index in [1.54, 1.807) is 13.0 Å². The zero-order valence-electron chi connectivity index (χ0n) is 12.2. The Morgan fingerprint density at radius 2 is 1.75 bits per heavy atom. The molecule has 0 heterocycles. The van der Waals surface area contributed by atoms with Gasteiger partial charge in [0.25, 0.3) is 0 Å². The first-order valence-electron chi connectivity index (χ1n) is 6.61. The molecule has 1 N–H and O–H groups in total. The molecule has 0 aliphatic carbocycles. The maximum atomic E-state index is 13.3. The van der Waals surface area contributed by atoms with Crippen LogP contribution in [0.3, 0.4) is 0 Å². The summed E-state index contributed by atoms with van der Waals surface area (Å²) in [7, 11) is 0. The third-order valence-corrected chi connectivity index (χ3v) is 3.41. The van der Waals surface area contributed by atoms with Crippen molar-refractivity contribution in [3.63, 3.8) is 0 Å². The second-order valence-electron chi connectivity index (χ2n) is 5.17. The minimum absolute atomic E-state index is 0.384. The lowest BCUT2D eigenvalue weighted by Gasteiger charge is -2.16. The molecule has 2 nitrogen and oxygen atoms in total. The van der Waals surface area contributed by atoms with Crippen molar-refractivity contribution < 1.29 is 14.2 Å². The Balaban J connectivity index is 2.45. The summed E-state index contributed by atoms with van der Waals surface area (Å²) in [5, 5.41) is 9.74. The van der Waals surface area contributed by atoms with E-state index in [4.69, 9.17) is 4.74 Å². The average molecular weight is 274 g/mol. The lowest BCUT2D eigenvalue weighted by molar-refractivity contribution is 0.195. The topological polar surface area (TPSA) is 29.5 Å². The third kappa shape index (κ3) is 2.99. The molecular formula is C17H19FO2. The Kier molecular flexibility index (Phi) is 4.09. The highest BCUT2D eigenvalue weighted by molar-refractivity contribution is 5.46. The molecule has 0 aliphatic rings. The molecule has 0 amide bonds. The van der Waals surface area contributed by atoms with E-state index in [1.807, 2.05) is 26.8 Å². The molecule has 0 aromatic heterocycles. The monoisotopic (exact) mass is 274 g/mol.